The summed E-state index contributed by atoms with van der Waals surface area (Å²) in [6.45, 7) is 8.44. The van der Waals surface area contributed by atoms with E-state index in [1.54, 1.807) is 25.7 Å². The number of carbonyl (C=O) groups excluding carboxylic acids is 2. The molecule has 0 aromatic rings. The maximum Gasteiger partial charge on any atom is 0.311 e. The van der Waals surface area contributed by atoms with Gasteiger partial charge in [-0.3, -0.25) is 14.4 Å². The van der Waals surface area contributed by atoms with Gasteiger partial charge in [0, 0.05) is 13.0 Å². The first-order valence-electron chi connectivity index (χ1n) is 8.31. The van der Waals surface area contributed by atoms with Gasteiger partial charge < -0.3 is 14.7 Å². The fourth-order valence-corrected chi connectivity index (χ4v) is 2.51. The maximum atomic E-state index is 12.2. The average Bonchev–Trinajstić information content (AvgIpc) is 2.90. The Kier molecular flexibility index (Phi) is 6.59. The van der Waals surface area contributed by atoms with Crippen LogP contribution in [0.5, 0.6) is 0 Å². The van der Waals surface area contributed by atoms with E-state index in [1.807, 2.05) is 6.92 Å². The molecule has 1 N–H and O–H groups in total. The molecule has 6 nitrogen and oxygen atoms in total. The van der Waals surface area contributed by atoms with E-state index in [9.17, 15) is 19.5 Å². The molecule has 1 aliphatic rings. The van der Waals surface area contributed by atoms with Gasteiger partial charge >= 0.3 is 11.9 Å². The van der Waals surface area contributed by atoms with Crippen LogP contribution < -0.4 is 0 Å². The zero-order chi connectivity index (χ0) is 17.7. The molecule has 0 aliphatic carbocycles. The van der Waals surface area contributed by atoms with E-state index in [-0.39, 0.29) is 18.5 Å². The van der Waals surface area contributed by atoms with Crippen molar-refractivity contribution in [1.29, 1.82) is 0 Å². The second-order valence-electron chi connectivity index (χ2n) is 7.22. The Bertz CT molecular complexity index is 460. The first-order chi connectivity index (χ1) is 10.6. The third-order valence-electron chi connectivity index (χ3n) is 4.92. The van der Waals surface area contributed by atoms with E-state index in [0.29, 0.717) is 32.2 Å². The molecule has 0 saturated carbocycles. The first-order valence-corrected chi connectivity index (χ1v) is 8.31. The van der Waals surface area contributed by atoms with Crippen LogP contribution in [-0.4, -0.2) is 47.5 Å². The summed E-state index contributed by atoms with van der Waals surface area (Å²) >= 11 is 0. The Morgan fingerprint density at radius 2 is 1.91 bits per heavy atom. The third-order valence-corrected chi connectivity index (χ3v) is 4.92. The van der Waals surface area contributed by atoms with Gasteiger partial charge in [0.15, 0.2) is 0 Å². The summed E-state index contributed by atoms with van der Waals surface area (Å²) in [7, 11) is 0. The molecule has 1 heterocycles. The summed E-state index contributed by atoms with van der Waals surface area (Å²) in [6, 6.07) is 0. The largest absolute Gasteiger partial charge is 0.481 e. The van der Waals surface area contributed by atoms with Crippen LogP contribution in [0.15, 0.2) is 0 Å². The third kappa shape index (κ3) is 5.22. The highest BCUT2D eigenvalue weighted by Crippen LogP contribution is 2.34. The van der Waals surface area contributed by atoms with Crippen molar-refractivity contribution in [3.8, 4) is 0 Å². The van der Waals surface area contributed by atoms with Crippen molar-refractivity contribution >= 4 is 17.8 Å². The van der Waals surface area contributed by atoms with Gasteiger partial charge in [-0.15, -0.1) is 0 Å². The van der Waals surface area contributed by atoms with Crippen LogP contribution in [0.1, 0.15) is 59.8 Å². The molecule has 0 spiro atoms. The maximum absolute atomic E-state index is 12.2. The Balaban J connectivity index is 2.43. The molecule has 0 radical (unpaired) electrons. The van der Waals surface area contributed by atoms with Gasteiger partial charge in [-0.05, 0) is 46.5 Å². The number of hydrogen-bond donors (Lipinski definition) is 1. The molecule has 1 aliphatic heterocycles. The van der Waals surface area contributed by atoms with E-state index in [4.69, 9.17) is 4.74 Å². The molecule has 1 rings (SSSR count). The second kappa shape index (κ2) is 7.79. The van der Waals surface area contributed by atoms with Crippen molar-refractivity contribution in [2.24, 2.45) is 10.8 Å². The van der Waals surface area contributed by atoms with Gasteiger partial charge in [-0.25, -0.2) is 0 Å². The average molecular weight is 327 g/mol. The fraction of sp³-hybridized carbons (Fsp3) is 0.824. The zero-order valence-corrected chi connectivity index (χ0v) is 14.7. The topological polar surface area (TPSA) is 83.9 Å². The zero-order valence-electron chi connectivity index (χ0n) is 14.7. The highest BCUT2D eigenvalue weighted by atomic mass is 16.5. The van der Waals surface area contributed by atoms with Crippen molar-refractivity contribution in [1.82, 2.24) is 4.90 Å². The number of carboxylic acid groups (broad SMARTS) is 1. The SMILES string of the molecule is CCC(C)(CCC(C)(C)C(=O)OCCN1CCCC1=O)C(=O)O. The normalized spacial score (nSPS) is 17.9. The predicted molar refractivity (Wildman–Crippen MR) is 85.8 cm³/mol. The molecule has 1 saturated heterocycles. The summed E-state index contributed by atoms with van der Waals surface area (Å²) in [6.07, 6.45) is 2.83. The molecule has 132 valence electrons. The molecule has 6 heteroatoms. The Morgan fingerprint density at radius 1 is 1.26 bits per heavy atom. The number of hydrogen-bond acceptors (Lipinski definition) is 4. The summed E-state index contributed by atoms with van der Waals surface area (Å²) in [5.74, 6) is -1.06. The summed E-state index contributed by atoms with van der Waals surface area (Å²) in [5.41, 5.74) is -1.56. The van der Waals surface area contributed by atoms with Gasteiger partial charge in [0.25, 0.3) is 0 Å². The molecule has 0 bridgehead atoms. The molecule has 0 aromatic carbocycles. The molecular weight excluding hydrogens is 298 g/mol. The number of carboxylic acids is 1. The number of nitrogens with zero attached hydrogens (tertiary/aromatic N) is 1. The van der Waals surface area contributed by atoms with Crippen molar-refractivity contribution in [2.45, 2.75) is 59.8 Å². The number of esters is 1. The Morgan fingerprint density at radius 3 is 2.39 bits per heavy atom. The van der Waals surface area contributed by atoms with Crippen LogP contribution >= 0.6 is 0 Å². The minimum atomic E-state index is -0.836. The number of rotatable bonds is 9. The molecule has 23 heavy (non-hydrogen) atoms. The van der Waals surface area contributed by atoms with Crippen LogP contribution in [0.3, 0.4) is 0 Å². The second-order valence-corrected chi connectivity index (χ2v) is 7.22. The van der Waals surface area contributed by atoms with Crippen LogP contribution in [0, 0.1) is 10.8 Å². The lowest BCUT2D eigenvalue weighted by Gasteiger charge is -2.29. The van der Waals surface area contributed by atoms with Gasteiger partial charge in [0.05, 0.1) is 17.4 Å². The monoisotopic (exact) mass is 327 g/mol. The van der Waals surface area contributed by atoms with Gasteiger partial charge in [-0.2, -0.15) is 0 Å². The summed E-state index contributed by atoms with van der Waals surface area (Å²) in [5, 5.41) is 9.30. The minimum absolute atomic E-state index is 0.112. The van der Waals surface area contributed by atoms with Crippen LogP contribution in [0.2, 0.25) is 0 Å². The van der Waals surface area contributed by atoms with Crippen LogP contribution in [0.25, 0.3) is 0 Å². The fourth-order valence-electron chi connectivity index (χ4n) is 2.51. The number of ether oxygens (including phenoxy) is 1. The van der Waals surface area contributed by atoms with E-state index in [0.717, 1.165) is 13.0 Å². The molecule has 0 aromatic heterocycles. The highest BCUT2D eigenvalue weighted by molar-refractivity contribution is 5.78. The smallest absolute Gasteiger partial charge is 0.311 e. The number of likely N-dealkylation sites (tertiary alicyclic amines) is 1. The van der Waals surface area contributed by atoms with Crippen molar-refractivity contribution in [3.63, 3.8) is 0 Å². The number of amides is 1. The Labute approximate surface area is 138 Å². The van der Waals surface area contributed by atoms with Crippen molar-refractivity contribution in [3.05, 3.63) is 0 Å². The molecular formula is C17H29NO5. The molecule has 1 atom stereocenters. The lowest BCUT2D eigenvalue weighted by Crippen LogP contribution is -2.34. The minimum Gasteiger partial charge on any atom is -0.481 e. The summed E-state index contributed by atoms with van der Waals surface area (Å²) in [4.78, 5) is 36.8. The molecule has 1 unspecified atom stereocenters. The van der Waals surface area contributed by atoms with Gasteiger partial charge in [0.2, 0.25) is 5.91 Å². The highest BCUT2D eigenvalue weighted by Gasteiger charge is 2.36. The first kappa shape index (κ1) is 19.5. The van der Waals surface area contributed by atoms with Gasteiger partial charge in [-0.1, -0.05) is 6.92 Å². The van der Waals surface area contributed by atoms with Crippen molar-refractivity contribution < 1.29 is 24.2 Å². The van der Waals surface area contributed by atoms with E-state index >= 15 is 0 Å². The number of carbonyl (C=O) groups is 3. The van der Waals surface area contributed by atoms with E-state index in [1.165, 1.54) is 0 Å². The van der Waals surface area contributed by atoms with Gasteiger partial charge in [0.1, 0.15) is 6.61 Å². The van der Waals surface area contributed by atoms with E-state index in [2.05, 4.69) is 0 Å². The quantitative estimate of drug-likeness (QED) is 0.658. The molecule has 1 amide bonds. The Hall–Kier alpha value is -1.59. The summed E-state index contributed by atoms with van der Waals surface area (Å²) < 4.78 is 5.30. The standard InChI is InChI=1S/C17H29NO5/c1-5-17(4,14(20)21)9-8-16(2,3)15(22)23-12-11-18-10-6-7-13(18)19/h5-12H2,1-4H3,(H,20,21). The molecule has 1 fully saturated rings. The van der Waals surface area contributed by atoms with Crippen LogP contribution in [-0.2, 0) is 19.1 Å². The predicted octanol–water partition coefficient (Wildman–Crippen LogP) is 2.46. The van der Waals surface area contributed by atoms with Crippen LogP contribution in [0.4, 0.5) is 0 Å². The van der Waals surface area contributed by atoms with E-state index < -0.39 is 16.8 Å². The lowest BCUT2D eigenvalue weighted by atomic mass is 9.76. The lowest BCUT2D eigenvalue weighted by molar-refractivity contribution is -0.157. The van der Waals surface area contributed by atoms with Crippen molar-refractivity contribution in [2.75, 3.05) is 19.7 Å². The number of aliphatic carboxylic acids is 1.